The van der Waals surface area contributed by atoms with E-state index in [2.05, 4.69) is 0 Å². The zero-order valence-electron chi connectivity index (χ0n) is 10.4. The van der Waals surface area contributed by atoms with Gasteiger partial charge in [0.05, 0.1) is 12.9 Å². The molecule has 0 aliphatic rings. The predicted octanol–water partition coefficient (Wildman–Crippen LogP) is 1.47. The monoisotopic (exact) mass is 258 g/mol. The Hall–Kier alpha value is -1.07. The first-order valence-corrected chi connectivity index (χ1v) is 7.06. The summed E-state index contributed by atoms with van der Waals surface area (Å²) in [7, 11) is -1.93. The second-order valence-electron chi connectivity index (χ2n) is 4.01. The Bertz CT molecular complexity index is 491. The maximum absolute atomic E-state index is 12.1. The number of aliphatic hydroxyl groups is 1. The first-order chi connectivity index (χ1) is 7.92. The molecule has 0 saturated carbocycles. The van der Waals surface area contributed by atoms with E-state index in [0.717, 1.165) is 11.1 Å². The number of ether oxygens (including phenoxy) is 1. The van der Waals surface area contributed by atoms with E-state index in [0.29, 0.717) is 5.75 Å². The minimum absolute atomic E-state index is 0.0667. The third kappa shape index (κ3) is 3.20. The van der Waals surface area contributed by atoms with Crippen LogP contribution in [0.1, 0.15) is 17.5 Å². The van der Waals surface area contributed by atoms with E-state index in [1.807, 2.05) is 19.9 Å². The molecule has 1 N–H and O–H groups in total. The molecule has 96 valence electrons. The number of aliphatic hydroxyl groups excluding tert-OH is 1. The van der Waals surface area contributed by atoms with Crippen LogP contribution < -0.4 is 4.74 Å². The minimum Gasteiger partial charge on any atom is -0.495 e. The van der Waals surface area contributed by atoms with Gasteiger partial charge in [0.1, 0.15) is 10.6 Å². The second kappa shape index (κ2) is 5.51. The van der Waals surface area contributed by atoms with Gasteiger partial charge in [-0.2, -0.15) is 0 Å². The summed E-state index contributed by atoms with van der Waals surface area (Å²) in [6, 6.07) is 3.49. The summed E-state index contributed by atoms with van der Waals surface area (Å²) < 4.78 is 29.3. The second-order valence-corrected chi connectivity index (χ2v) is 6.09. The fourth-order valence-corrected chi connectivity index (χ4v) is 3.39. The highest BCUT2D eigenvalue weighted by molar-refractivity contribution is 7.91. The topological polar surface area (TPSA) is 63.6 Å². The summed E-state index contributed by atoms with van der Waals surface area (Å²) in [4.78, 5) is 0.214. The van der Waals surface area contributed by atoms with Gasteiger partial charge in [-0.25, -0.2) is 8.42 Å². The molecule has 0 bridgehead atoms. The minimum atomic E-state index is -3.40. The number of benzene rings is 1. The van der Waals surface area contributed by atoms with Crippen LogP contribution in [0.4, 0.5) is 0 Å². The van der Waals surface area contributed by atoms with Crippen molar-refractivity contribution in [2.45, 2.75) is 25.2 Å². The van der Waals surface area contributed by atoms with Crippen LogP contribution >= 0.6 is 0 Å². The molecule has 17 heavy (non-hydrogen) atoms. The Balaban J connectivity index is 3.29. The van der Waals surface area contributed by atoms with Gasteiger partial charge < -0.3 is 9.84 Å². The van der Waals surface area contributed by atoms with Gasteiger partial charge in [-0.15, -0.1) is 0 Å². The van der Waals surface area contributed by atoms with Crippen LogP contribution in [0.15, 0.2) is 17.0 Å². The number of hydrogen-bond donors (Lipinski definition) is 1. The van der Waals surface area contributed by atoms with Crippen molar-refractivity contribution in [1.82, 2.24) is 0 Å². The average Bonchev–Trinajstić information content (AvgIpc) is 2.25. The van der Waals surface area contributed by atoms with Gasteiger partial charge in [0, 0.05) is 6.61 Å². The summed E-state index contributed by atoms with van der Waals surface area (Å²) in [5.41, 5.74) is 1.68. The number of sulfone groups is 1. The number of aryl methyl sites for hydroxylation is 2. The van der Waals surface area contributed by atoms with E-state index in [4.69, 9.17) is 9.84 Å². The predicted molar refractivity (Wildman–Crippen MR) is 66.2 cm³/mol. The van der Waals surface area contributed by atoms with Crippen LogP contribution in [0, 0.1) is 13.8 Å². The van der Waals surface area contributed by atoms with E-state index >= 15 is 0 Å². The third-order valence-electron chi connectivity index (χ3n) is 2.50. The molecule has 0 aliphatic heterocycles. The van der Waals surface area contributed by atoms with Crippen LogP contribution in [0.5, 0.6) is 5.75 Å². The van der Waals surface area contributed by atoms with Gasteiger partial charge >= 0.3 is 0 Å². The molecule has 0 heterocycles. The SMILES string of the molecule is COc1c(C)cc(C)cc1S(=O)(=O)CCCO. The van der Waals surface area contributed by atoms with Crippen molar-refractivity contribution < 1.29 is 18.3 Å². The standard InChI is InChI=1S/C12H18O4S/c1-9-7-10(2)12(16-3)11(8-9)17(14,15)6-4-5-13/h7-8,13H,4-6H2,1-3H3. The molecule has 1 rings (SSSR count). The molecule has 0 unspecified atom stereocenters. The lowest BCUT2D eigenvalue weighted by Crippen LogP contribution is -2.10. The summed E-state index contributed by atoms with van der Waals surface area (Å²) in [5.74, 6) is 0.330. The summed E-state index contributed by atoms with van der Waals surface area (Å²) >= 11 is 0. The Morgan fingerprint density at radius 3 is 2.47 bits per heavy atom. The van der Waals surface area contributed by atoms with Crippen LogP contribution in [-0.4, -0.2) is 33.0 Å². The number of hydrogen-bond acceptors (Lipinski definition) is 4. The van der Waals surface area contributed by atoms with Crippen LogP contribution in [-0.2, 0) is 9.84 Å². The Morgan fingerprint density at radius 2 is 1.94 bits per heavy atom. The highest BCUT2D eigenvalue weighted by atomic mass is 32.2. The molecule has 0 aliphatic carbocycles. The van der Waals surface area contributed by atoms with Crippen molar-refractivity contribution in [3.8, 4) is 5.75 Å². The van der Waals surface area contributed by atoms with Crippen molar-refractivity contribution in [2.75, 3.05) is 19.5 Å². The fraction of sp³-hybridized carbons (Fsp3) is 0.500. The molecule has 0 fully saturated rings. The largest absolute Gasteiger partial charge is 0.495 e. The molecular weight excluding hydrogens is 240 g/mol. The lowest BCUT2D eigenvalue weighted by Gasteiger charge is -2.13. The van der Waals surface area contributed by atoms with Gasteiger partial charge in [-0.05, 0) is 37.5 Å². The average molecular weight is 258 g/mol. The summed E-state index contributed by atoms with van der Waals surface area (Å²) in [6.07, 6.45) is 0.235. The Kier molecular flexibility index (Phi) is 4.54. The third-order valence-corrected chi connectivity index (χ3v) is 4.29. The first-order valence-electron chi connectivity index (χ1n) is 5.41. The highest BCUT2D eigenvalue weighted by Crippen LogP contribution is 2.30. The van der Waals surface area contributed by atoms with E-state index in [1.165, 1.54) is 7.11 Å². The molecule has 1 aromatic carbocycles. The van der Waals surface area contributed by atoms with Gasteiger partial charge in [-0.1, -0.05) is 6.07 Å². The smallest absolute Gasteiger partial charge is 0.182 e. The molecule has 0 amide bonds. The highest BCUT2D eigenvalue weighted by Gasteiger charge is 2.21. The van der Waals surface area contributed by atoms with Crippen molar-refractivity contribution in [2.24, 2.45) is 0 Å². The number of rotatable bonds is 5. The first kappa shape index (κ1) is 14.0. The van der Waals surface area contributed by atoms with Crippen LogP contribution in [0.2, 0.25) is 0 Å². The van der Waals surface area contributed by atoms with Crippen LogP contribution in [0.25, 0.3) is 0 Å². The van der Waals surface area contributed by atoms with E-state index in [-0.39, 0.29) is 23.7 Å². The van der Waals surface area contributed by atoms with Gasteiger partial charge in [-0.3, -0.25) is 0 Å². The molecular formula is C12H18O4S. The van der Waals surface area contributed by atoms with E-state index in [9.17, 15) is 8.42 Å². The zero-order valence-corrected chi connectivity index (χ0v) is 11.2. The maximum Gasteiger partial charge on any atom is 0.182 e. The molecule has 1 aromatic rings. The molecule has 0 saturated heterocycles. The normalized spacial score (nSPS) is 11.5. The van der Waals surface area contributed by atoms with Crippen molar-refractivity contribution in [3.05, 3.63) is 23.3 Å². The van der Waals surface area contributed by atoms with Crippen molar-refractivity contribution >= 4 is 9.84 Å². The maximum atomic E-state index is 12.1. The molecule has 0 spiro atoms. The Morgan fingerprint density at radius 1 is 1.29 bits per heavy atom. The quantitative estimate of drug-likeness (QED) is 0.868. The van der Waals surface area contributed by atoms with Crippen LogP contribution in [0.3, 0.4) is 0 Å². The number of methoxy groups -OCH3 is 1. The lowest BCUT2D eigenvalue weighted by molar-refractivity contribution is 0.295. The van der Waals surface area contributed by atoms with E-state index in [1.54, 1.807) is 6.07 Å². The molecule has 0 atom stereocenters. The molecule has 5 heteroatoms. The van der Waals surface area contributed by atoms with Crippen molar-refractivity contribution in [3.63, 3.8) is 0 Å². The fourth-order valence-electron chi connectivity index (χ4n) is 1.77. The van der Waals surface area contributed by atoms with Crippen molar-refractivity contribution in [1.29, 1.82) is 0 Å². The molecule has 0 aromatic heterocycles. The summed E-state index contributed by atoms with van der Waals surface area (Å²) in [5, 5.41) is 8.72. The summed E-state index contributed by atoms with van der Waals surface area (Å²) in [6.45, 7) is 3.53. The van der Waals surface area contributed by atoms with Gasteiger partial charge in [0.2, 0.25) is 0 Å². The van der Waals surface area contributed by atoms with E-state index < -0.39 is 9.84 Å². The van der Waals surface area contributed by atoms with Gasteiger partial charge in [0.15, 0.2) is 9.84 Å². The molecule has 4 nitrogen and oxygen atoms in total. The van der Waals surface area contributed by atoms with Gasteiger partial charge in [0.25, 0.3) is 0 Å². The molecule has 0 radical (unpaired) electrons. The Labute approximate surface area is 102 Å². The zero-order chi connectivity index (χ0) is 13.1. The lowest BCUT2D eigenvalue weighted by atomic mass is 10.1.